The van der Waals surface area contributed by atoms with Crippen molar-refractivity contribution < 1.29 is 4.79 Å². The van der Waals surface area contributed by atoms with Gasteiger partial charge in [-0.2, -0.15) is 0 Å². The molecule has 7 nitrogen and oxygen atoms in total. The molecule has 166 valence electrons. The van der Waals surface area contributed by atoms with Gasteiger partial charge in [-0.3, -0.25) is 14.6 Å². The van der Waals surface area contributed by atoms with Crippen LogP contribution in [0.15, 0.2) is 41.6 Å². The first-order chi connectivity index (χ1) is 15.4. The summed E-state index contributed by atoms with van der Waals surface area (Å²) < 4.78 is 0. The molecule has 0 atom stereocenters. The molecule has 2 N–H and O–H groups in total. The van der Waals surface area contributed by atoms with Gasteiger partial charge >= 0.3 is 0 Å². The van der Waals surface area contributed by atoms with E-state index in [1.165, 1.54) is 0 Å². The number of carbonyl (C=O) groups is 1. The fraction of sp³-hybridized carbons (Fsp3) is 0.400. The van der Waals surface area contributed by atoms with E-state index in [9.17, 15) is 9.59 Å². The van der Waals surface area contributed by atoms with Crippen LogP contribution in [-0.2, 0) is 0 Å². The van der Waals surface area contributed by atoms with E-state index in [-0.39, 0.29) is 17.0 Å². The highest BCUT2D eigenvalue weighted by atomic mass is 16.2. The molecule has 0 aromatic carbocycles. The minimum Gasteiger partial charge on any atom is -0.352 e. The molecule has 0 radical (unpaired) electrons. The van der Waals surface area contributed by atoms with Gasteiger partial charge < -0.3 is 10.3 Å². The van der Waals surface area contributed by atoms with Gasteiger partial charge in [0.1, 0.15) is 11.4 Å². The summed E-state index contributed by atoms with van der Waals surface area (Å²) in [6, 6.07) is 5.65. The number of aromatic amines is 1. The first-order valence-corrected chi connectivity index (χ1v) is 11.1. The molecule has 3 aromatic rings. The van der Waals surface area contributed by atoms with Crippen LogP contribution in [0.3, 0.4) is 0 Å². The molecular weight excluding hydrogens is 402 g/mol. The topological polar surface area (TPSA) is 101 Å². The number of nitrogens with zero attached hydrogens (tertiary/aromatic N) is 3. The highest BCUT2D eigenvalue weighted by Crippen LogP contribution is 2.38. The van der Waals surface area contributed by atoms with Crippen molar-refractivity contribution in [1.29, 1.82) is 0 Å². The Morgan fingerprint density at radius 2 is 1.84 bits per heavy atom. The van der Waals surface area contributed by atoms with Crippen LogP contribution in [0.25, 0.3) is 11.1 Å². The molecule has 0 aliphatic heterocycles. The van der Waals surface area contributed by atoms with Gasteiger partial charge in [0.2, 0.25) is 0 Å². The molecule has 0 spiro atoms. The maximum absolute atomic E-state index is 12.5. The van der Waals surface area contributed by atoms with Crippen molar-refractivity contribution in [2.75, 3.05) is 6.54 Å². The average molecular weight is 432 g/mol. The van der Waals surface area contributed by atoms with E-state index >= 15 is 0 Å². The lowest BCUT2D eigenvalue weighted by Crippen LogP contribution is -2.34. The van der Waals surface area contributed by atoms with Gasteiger partial charge in [-0.1, -0.05) is 0 Å². The molecule has 3 heterocycles. The van der Waals surface area contributed by atoms with Crippen molar-refractivity contribution in [3.05, 3.63) is 75.5 Å². The third-order valence-electron chi connectivity index (χ3n) is 6.46. The molecule has 1 fully saturated rings. The molecule has 1 aliphatic carbocycles. The molecule has 3 aromatic heterocycles. The van der Waals surface area contributed by atoms with Gasteiger partial charge in [0.25, 0.3) is 11.5 Å². The minimum atomic E-state index is -0.336. The van der Waals surface area contributed by atoms with Crippen molar-refractivity contribution in [1.82, 2.24) is 25.3 Å². The number of aromatic nitrogens is 4. The highest BCUT2D eigenvalue weighted by Gasteiger charge is 2.26. The number of hydrogen-bond acceptors (Lipinski definition) is 5. The van der Waals surface area contributed by atoms with Crippen LogP contribution >= 0.6 is 0 Å². The normalized spacial score (nSPS) is 18.3. The number of hydrogen-bond donors (Lipinski definition) is 2. The number of amides is 1. The second-order valence-electron chi connectivity index (χ2n) is 8.70. The number of nitrogens with one attached hydrogen (secondary N) is 2. The van der Waals surface area contributed by atoms with Crippen molar-refractivity contribution in [2.45, 2.75) is 52.4 Å². The van der Waals surface area contributed by atoms with E-state index in [2.05, 4.69) is 20.3 Å². The quantitative estimate of drug-likeness (QED) is 0.639. The zero-order valence-electron chi connectivity index (χ0n) is 18.8. The van der Waals surface area contributed by atoms with Crippen molar-refractivity contribution >= 4 is 5.91 Å². The average Bonchev–Trinajstić information content (AvgIpc) is 2.80. The monoisotopic (exact) mass is 431 g/mol. The number of aryl methyl sites for hydroxylation is 3. The summed E-state index contributed by atoms with van der Waals surface area (Å²) in [5, 5.41) is 2.97. The zero-order chi connectivity index (χ0) is 22.7. The van der Waals surface area contributed by atoms with E-state index < -0.39 is 0 Å². The summed E-state index contributed by atoms with van der Waals surface area (Å²) in [5.74, 6) is 1.25. The fourth-order valence-corrected chi connectivity index (χ4v) is 4.42. The van der Waals surface area contributed by atoms with Crippen molar-refractivity contribution in [3.8, 4) is 11.1 Å². The summed E-state index contributed by atoms with van der Waals surface area (Å²) >= 11 is 0. The summed E-state index contributed by atoms with van der Waals surface area (Å²) in [4.78, 5) is 40.7. The fourth-order valence-electron chi connectivity index (χ4n) is 4.42. The highest BCUT2D eigenvalue weighted by molar-refractivity contribution is 5.94. The van der Waals surface area contributed by atoms with Crippen molar-refractivity contribution in [2.24, 2.45) is 5.92 Å². The van der Waals surface area contributed by atoms with E-state index in [1.54, 1.807) is 18.5 Å². The summed E-state index contributed by atoms with van der Waals surface area (Å²) in [6.45, 7) is 6.22. The Balaban J connectivity index is 1.39. The molecule has 1 amide bonds. The maximum atomic E-state index is 12.5. The smallest absolute Gasteiger partial charge is 0.261 e. The summed E-state index contributed by atoms with van der Waals surface area (Å²) in [6.07, 6.45) is 9.54. The third-order valence-corrected chi connectivity index (χ3v) is 6.46. The van der Waals surface area contributed by atoms with Crippen LogP contribution in [0, 0.1) is 26.7 Å². The zero-order valence-corrected chi connectivity index (χ0v) is 18.8. The first kappa shape index (κ1) is 21.9. The van der Waals surface area contributed by atoms with Crippen LogP contribution in [0.2, 0.25) is 0 Å². The predicted octanol–water partition coefficient (Wildman–Crippen LogP) is 3.86. The van der Waals surface area contributed by atoms with Crippen LogP contribution in [0.5, 0.6) is 0 Å². The molecule has 1 saturated carbocycles. The van der Waals surface area contributed by atoms with E-state index in [0.717, 1.165) is 59.6 Å². The van der Waals surface area contributed by atoms with Crippen LogP contribution in [0.4, 0.5) is 0 Å². The van der Waals surface area contributed by atoms with Crippen molar-refractivity contribution in [3.63, 3.8) is 0 Å². The van der Waals surface area contributed by atoms with Gasteiger partial charge in [-0.25, -0.2) is 9.97 Å². The lowest BCUT2D eigenvalue weighted by molar-refractivity contribution is 0.0941. The Labute approximate surface area is 187 Å². The van der Waals surface area contributed by atoms with Gasteiger partial charge in [-0.05, 0) is 81.7 Å². The number of H-pyrrole nitrogens is 1. The van der Waals surface area contributed by atoms with E-state index in [0.29, 0.717) is 18.4 Å². The van der Waals surface area contributed by atoms with Gasteiger partial charge in [0.15, 0.2) is 0 Å². The van der Waals surface area contributed by atoms with Crippen LogP contribution in [-0.4, -0.2) is 32.4 Å². The molecule has 0 saturated heterocycles. The molecule has 1 aliphatic rings. The first-order valence-electron chi connectivity index (χ1n) is 11.1. The molecule has 0 unspecified atom stereocenters. The molecule has 4 rings (SSSR count). The summed E-state index contributed by atoms with van der Waals surface area (Å²) in [7, 11) is 0. The lowest BCUT2D eigenvalue weighted by atomic mass is 9.79. The Hall–Kier alpha value is -3.35. The Morgan fingerprint density at radius 1 is 1.12 bits per heavy atom. The molecule has 7 heteroatoms. The minimum absolute atomic E-state index is 0.181. The lowest BCUT2D eigenvalue weighted by Gasteiger charge is -2.29. The second kappa shape index (κ2) is 9.42. The summed E-state index contributed by atoms with van der Waals surface area (Å²) in [5.41, 5.74) is 4.80. The number of rotatable bonds is 5. The standard InChI is InChI=1S/C25H29N5O2/c1-15-12-21(25(32)29-16(15)2)24(31)28-13-18-4-6-20(7-5-18)23-22(14-27-17(3)30-23)19-8-10-26-11-9-19/h8-12,14,18,20H,4-7,13H2,1-3H3,(H,28,31)(H,29,32). The predicted molar refractivity (Wildman–Crippen MR) is 124 cm³/mol. The number of pyridine rings is 2. The van der Waals surface area contributed by atoms with Gasteiger partial charge in [0.05, 0.1) is 5.69 Å². The second-order valence-corrected chi connectivity index (χ2v) is 8.70. The molecular formula is C25H29N5O2. The van der Waals surface area contributed by atoms with Crippen LogP contribution in [0.1, 0.15) is 64.7 Å². The van der Waals surface area contributed by atoms with Gasteiger partial charge in [-0.15, -0.1) is 0 Å². The molecule has 0 bridgehead atoms. The van der Waals surface area contributed by atoms with E-state index in [1.807, 2.05) is 39.1 Å². The third kappa shape index (κ3) is 4.77. The van der Waals surface area contributed by atoms with Gasteiger partial charge in [0, 0.05) is 42.3 Å². The maximum Gasteiger partial charge on any atom is 0.261 e. The van der Waals surface area contributed by atoms with Crippen LogP contribution < -0.4 is 10.9 Å². The SMILES string of the molecule is Cc1ncc(-c2ccncc2)c(C2CCC(CNC(=O)c3cc(C)c(C)[nH]c3=O)CC2)n1. The van der Waals surface area contributed by atoms with E-state index in [4.69, 9.17) is 4.98 Å². The Kier molecular flexibility index (Phi) is 6.44. The largest absolute Gasteiger partial charge is 0.352 e. The number of carbonyl (C=O) groups excluding carboxylic acids is 1. The Bertz CT molecular complexity index is 1160. The Morgan fingerprint density at radius 3 is 2.56 bits per heavy atom. The molecule has 32 heavy (non-hydrogen) atoms.